The molecule has 0 atom stereocenters. The van der Waals surface area contributed by atoms with Gasteiger partial charge in [0.05, 0.1) is 0 Å². The number of hydrogen-bond acceptors (Lipinski definition) is 3. The third-order valence-corrected chi connectivity index (χ3v) is 1.72. The van der Waals surface area contributed by atoms with Crippen molar-refractivity contribution < 1.29 is 14.3 Å². The molecule has 0 saturated heterocycles. The van der Waals surface area contributed by atoms with Crippen molar-refractivity contribution in [3.05, 3.63) is 12.2 Å². The number of nitrogens with two attached hydrogens (primary N) is 1. The molecular weight excluding hydrogens is 158 g/mol. The Morgan fingerprint density at radius 1 is 1.33 bits per heavy atom. The summed E-state index contributed by atoms with van der Waals surface area (Å²) in [5.41, 5.74) is 4.78. The van der Waals surface area contributed by atoms with E-state index in [0.29, 0.717) is 0 Å². The quantitative estimate of drug-likeness (QED) is 0.482. The van der Waals surface area contributed by atoms with Gasteiger partial charge >= 0.3 is 5.97 Å². The van der Waals surface area contributed by atoms with Crippen LogP contribution in [0.1, 0.15) is 19.3 Å². The van der Waals surface area contributed by atoms with Crippen molar-refractivity contribution in [3.8, 4) is 0 Å². The van der Waals surface area contributed by atoms with E-state index in [1.54, 1.807) is 0 Å². The molecule has 1 fully saturated rings. The van der Waals surface area contributed by atoms with Crippen molar-refractivity contribution in [2.75, 3.05) is 0 Å². The van der Waals surface area contributed by atoms with Gasteiger partial charge < -0.3 is 10.5 Å². The largest absolute Gasteiger partial charge is 0.459 e. The summed E-state index contributed by atoms with van der Waals surface area (Å²) in [7, 11) is 0. The van der Waals surface area contributed by atoms with Gasteiger partial charge in [-0.05, 0) is 19.3 Å². The van der Waals surface area contributed by atoms with E-state index in [-0.39, 0.29) is 6.10 Å². The van der Waals surface area contributed by atoms with Crippen LogP contribution in [0.4, 0.5) is 0 Å². The summed E-state index contributed by atoms with van der Waals surface area (Å²) in [5.74, 6) is -1.13. The molecule has 0 aromatic carbocycles. The predicted octanol–water partition coefficient (Wildman–Crippen LogP) is 0.124. The molecule has 1 saturated carbocycles. The van der Waals surface area contributed by atoms with Crippen molar-refractivity contribution in [1.29, 1.82) is 0 Å². The van der Waals surface area contributed by atoms with Gasteiger partial charge in [-0.1, -0.05) is 0 Å². The van der Waals surface area contributed by atoms with Crippen LogP contribution in [0.5, 0.6) is 0 Å². The Hall–Kier alpha value is -1.32. The van der Waals surface area contributed by atoms with E-state index in [9.17, 15) is 9.59 Å². The van der Waals surface area contributed by atoms with E-state index < -0.39 is 11.9 Å². The number of primary amides is 1. The summed E-state index contributed by atoms with van der Waals surface area (Å²) in [6, 6.07) is 0. The second kappa shape index (κ2) is 3.90. The lowest BCUT2D eigenvalue weighted by Gasteiger charge is -2.24. The maximum atomic E-state index is 10.8. The monoisotopic (exact) mass is 169 g/mol. The molecule has 0 unspecified atom stereocenters. The number of rotatable bonds is 3. The maximum absolute atomic E-state index is 10.8. The maximum Gasteiger partial charge on any atom is 0.331 e. The van der Waals surface area contributed by atoms with Crippen molar-refractivity contribution >= 4 is 11.9 Å². The number of ether oxygens (including phenoxy) is 1. The van der Waals surface area contributed by atoms with Gasteiger partial charge in [0.1, 0.15) is 6.10 Å². The molecule has 1 aliphatic rings. The summed E-state index contributed by atoms with van der Waals surface area (Å²) >= 11 is 0. The molecule has 0 aromatic rings. The van der Waals surface area contributed by atoms with Crippen LogP contribution in [0.3, 0.4) is 0 Å². The molecule has 0 heterocycles. The first-order valence-electron chi connectivity index (χ1n) is 3.86. The molecule has 66 valence electrons. The lowest BCUT2D eigenvalue weighted by atomic mass is 9.96. The summed E-state index contributed by atoms with van der Waals surface area (Å²) in [5, 5.41) is 0. The van der Waals surface area contributed by atoms with Gasteiger partial charge in [-0.2, -0.15) is 0 Å². The van der Waals surface area contributed by atoms with Gasteiger partial charge in [0.25, 0.3) is 0 Å². The third-order valence-electron chi connectivity index (χ3n) is 1.72. The Kier molecular flexibility index (Phi) is 2.85. The number of carbonyl (C=O) groups is 2. The number of esters is 1. The lowest BCUT2D eigenvalue weighted by molar-refractivity contribution is -0.146. The smallest absolute Gasteiger partial charge is 0.331 e. The first-order chi connectivity index (χ1) is 5.68. The molecule has 12 heavy (non-hydrogen) atoms. The Balaban J connectivity index is 2.23. The van der Waals surface area contributed by atoms with E-state index >= 15 is 0 Å². The Bertz CT molecular complexity index is 218. The second-order valence-electron chi connectivity index (χ2n) is 2.73. The molecule has 0 bridgehead atoms. The van der Waals surface area contributed by atoms with E-state index in [0.717, 1.165) is 31.4 Å². The average molecular weight is 169 g/mol. The van der Waals surface area contributed by atoms with Crippen molar-refractivity contribution in [3.63, 3.8) is 0 Å². The first kappa shape index (κ1) is 8.77. The SMILES string of the molecule is NC(=O)/C=C\C(=O)OC1CCC1. The lowest BCUT2D eigenvalue weighted by Crippen LogP contribution is -2.24. The Labute approximate surface area is 70.4 Å². The molecule has 0 aromatic heterocycles. The van der Waals surface area contributed by atoms with E-state index in [2.05, 4.69) is 0 Å². The summed E-state index contributed by atoms with van der Waals surface area (Å²) < 4.78 is 4.90. The van der Waals surface area contributed by atoms with Crippen molar-refractivity contribution in [2.45, 2.75) is 25.4 Å². The topological polar surface area (TPSA) is 69.4 Å². The van der Waals surface area contributed by atoms with Crippen molar-refractivity contribution in [1.82, 2.24) is 0 Å². The summed E-state index contributed by atoms with van der Waals surface area (Å²) in [6.45, 7) is 0. The minimum absolute atomic E-state index is 0.0510. The molecule has 4 nitrogen and oxygen atoms in total. The zero-order valence-electron chi connectivity index (χ0n) is 6.66. The zero-order valence-corrected chi connectivity index (χ0v) is 6.66. The van der Waals surface area contributed by atoms with Gasteiger partial charge in [0.15, 0.2) is 0 Å². The third kappa shape index (κ3) is 2.74. The molecule has 1 amide bonds. The summed E-state index contributed by atoms with van der Waals surface area (Å²) in [6.07, 6.45) is 5.07. The van der Waals surface area contributed by atoms with Crippen LogP contribution in [0.15, 0.2) is 12.2 Å². The van der Waals surface area contributed by atoms with E-state index in [4.69, 9.17) is 10.5 Å². The van der Waals surface area contributed by atoms with Gasteiger partial charge in [0, 0.05) is 12.2 Å². The molecule has 2 N–H and O–H groups in total. The fourth-order valence-corrected chi connectivity index (χ4v) is 0.842. The molecule has 0 spiro atoms. The first-order valence-corrected chi connectivity index (χ1v) is 3.86. The second-order valence-corrected chi connectivity index (χ2v) is 2.73. The standard InChI is InChI=1S/C8H11NO3/c9-7(10)4-5-8(11)12-6-2-1-3-6/h4-6H,1-3H2,(H2,9,10)/b5-4-. The molecule has 1 aliphatic carbocycles. The highest BCUT2D eigenvalue weighted by molar-refractivity contribution is 5.93. The van der Waals surface area contributed by atoms with Crippen LogP contribution < -0.4 is 5.73 Å². The Morgan fingerprint density at radius 2 is 2.00 bits per heavy atom. The van der Waals surface area contributed by atoms with Crippen LogP contribution >= 0.6 is 0 Å². The fourth-order valence-electron chi connectivity index (χ4n) is 0.842. The molecule has 0 radical (unpaired) electrons. The van der Waals surface area contributed by atoms with Gasteiger partial charge in [-0.3, -0.25) is 4.79 Å². The highest BCUT2D eigenvalue weighted by atomic mass is 16.5. The van der Waals surface area contributed by atoms with Crippen LogP contribution in [0.2, 0.25) is 0 Å². The van der Waals surface area contributed by atoms with Crippen LogP contribution in [0, 0.1) is 0 Å². The molecular formula is C8H11NO3. The van der Waals surface area contributed by atoms with E-state index in [1.807, 2.05) is 0 Å². The molecule has 1 rings (SSSR count). The van der Waals surface area contributed by atoms with Gasteiger partial charge in [-0.15, -0.1) is 0 Å². The van der Waals surface area contributed by atoms with E-state index in [1.165, 1.54) is 0 Å². The molecule has 0 aliphatic heterocycles. The number of amides is 1. The Morgan fingerprint density at radius 3 is 2.42 bits per heavy atom. The summed E-state index contributed by atoms with van der Waals surface area (Å²) in [4.78, 5) is 21.0. The fraction of sp³-hybridized carbons (Fsp3) is 0.500. The minimum Gasteiger partial charge on any atom is -0.459 e. The highest BCUT2D eigenvalue weighted by Gasteiger charge is 2.20. The zero-order chi connectivity index (χ0) is 8.97. The van der Waals surface area contributed by atoms with Crippen LogP contribution in [0.25, 0.3) is 0 Å². The minimum atomic E-state index is -0.638. The predicted molar refractivity (Wildman–Crippen MR) is 42.1 cm³/mol. The molecule has 4 heteroatoms. The van der Waals surface area contributed by atoms with Crippen LogP contribution in [-0.2, 0) is 14.3 Å². The van der Waals surface area contributed by atoms with Gasteiger partial charge in [-0.25, -0.2) is 4.79 Å². The normalized spacial score (nSPS) is 17.3. The van der Waals surface area contributed by atoms with Crippen LogP contribution in [-0.4, -0.2) is 18.0 Å². The average Bonchev–Trinajstić information content (AvgIpc) is 1.93. The highest BCUT2D eigenvalue weighted by Crippen LogP contribution is 2.21. The number of hydrogen-bond donors (Lipinski definition) is 1. The number of carbonyl (C=O) groups excluding carboxylic acids is 2. The van der Waals surface area contributed by atoms with Crippen molar-refractivity contribution in [2.24, 2.45) is 5.73 Å². The van der Waals surface area contributed by atoms with Gasteiger partial charge in [0.2, 0.25) is 5.91 Å².